The van der Waals surface area contributed by atoms with E-state index in [2.05, 4.69) is 5.32 Å². The van der Waals surface area contributed by atoms with E-state index in [9.17, 15) is 9.90 Å². The Balaban J connectivity index is 2.08. The first-order chi connectivity index (χ1) is 8.58. The Morgan fingerprint density at radius 2 is 2.22 bits per heavy atom. The first-order valence-electron chi connectivity index (χ1n) is 6.02. The summed E-state index contributed by atoms with van der Waals surface area (Å²) in [6.07, 6.45) is 2.53. The molecule has 2 atom stereocenters. The fourth-order valence-electron chi connectivity index (χ4n) is 2.35. The Kier molecular flexibility index (Phi) is 4.09. The van der Waals surface area contributed by atoms with Gasteiger partial charge in [0, 0.05) is 17.5 Å². The van der Waals surface area contributed by atoms with Gasteiger partial charge in [-0.15, -0.1) is 0 Å². The zero-order valence-corrected chi connectivity index (χ0v) is 10.7. The highest BCUT2D eigenvalue weighted by molar-refractivity contribution is 6.31. The second-order valence-electron chi connectivity index (χ2n) is 4.63. The van der Waals surface area contributed by atoms with Crippen molar-refractivity contribution in [1.29, 1.82) is 0 Å². The Hall–Kier alpha value is -1.26. The van der Waals surface area contributed by atoms with Crippen LogP contribution in [0.1, 0.15) is 29.6 Å². The zero-order chi connectivity index (χ0) is 13.1. The third-order valence-electron chi connectivity index (χ3n) is 3.39. The van der Waals surface area contributed by atoms with Crippen molar-refractivity contribution in [3.05, 3.63) is 28.8 Å². The maximum Gasteiger partial charge on any atom is 0.337 e. The van der Waals surface area contributed by atoms with Crippen LogP contribution in [0.25, 0.3) is 0 Å². The minimum Gasteiger partial charge on any atom is -0.478 e. The monoisotopic (exact) mass is 269 g/mol. The maximum atomic E-state index is 11.1. The molecule has 4 nitrogen and oxygen atoms in total. The number of anilines is 1. The lowest BCUT2D eigenvalue weighted by Crippen LogP contribution is -2.22. The Labute approximate surface area is 111 Å². The minimum atomic E-state index is -0.985. The number of carboxylic acid groups (broad SMARTS) is 1. The normalized spacial score (nSPS) is 23.0. The van der Waals surface area contributed by atoms with Gasteiger partial charge in [-0.3, -0.25) is 0 Å². The van der Waals surface area contributed by atoms with Gasteiger partial charge in [0.25, 0.3) is 0 Å². The van der Waals surface area contributed by atoms with Gasteiger partial charge in [0.05, 0.1) is 17.4 Å². The van der Waals surface area contributed by atoms with Gasteiger partial charge in [-0.05, 0) is 31.0 Å². The summed E-state index contributed by atoms with van der Waals surface area (Å²) in [5, 5.41) is 22.4. The summed E-state index contributed by atoms with van der Waals surface area (Å²) in [4.78, 5) is 11.1. The molecule has 3 N–H and O–H groups in total. The number of hydrogen-bond acceptors (Lipinski definition) is 3. The minimum absolute atomic E-state index is 0.186. The van der Waals surface area contributed by atoms with Crippen LogP contribution in [-0.4, -0.2) is 28.8 Å². The maximum absolute atomic E-state index is 11.1. The molecule has 1 aromatic carbocycles. The first kappa shape index (κ1) is 13.2. The predicted octanol–water partition coefficient (Wildman–Crippen LogP) is 2.61. The number of nitrogens with one attached hydrogen (secondary N) is 1. The van der Waals surface area contributed by atoms with Crippen molar-refractivity contribution in [2.45, 2.75) is 25.4 Å². The number of halogens is 1. The third-order valence-corrected chi connectivity index (χ3v) is 3.62. The van der Waals surface area contributed by atoms with E-state index in [0.29, 0.717) is 17.3 Å². The molecule has 0 aliphatic heterocycles. The number of carbonyl (C=O) groups is 1. The molecule has 0 bridgehead atoms. The second kappa shape index (κ2) is 5.59. The number of hydrogen-bond donors (Lipinski definition) is 3. The number of benzene rings is 1. The van der Waals surface area contributed by atoms with Gasteiger partial charge in [-0.25, -0.2) is 4.79 Å². The van der Waals surface area contributed by atoms with Crippen molar-refractivity contribution in [2.75, 3.05) is 11.9 Å². The fraction of sp³-hybridized carbons (Fsp3) is 0.462. The molecule has 2 rings (SSSR count). The van der Waals surface area contributed by atoms with Crippen LogP contribution in [0.4, 0.5) is 5.69 Å². The van der Waals surface area contributed by atoms with Crippen LogP contribution in [-0.2, 0) is 0 Å². The van der Waals surface area contributed by atoms with Crippen LogP contribution in [0, 0.1) is 5.92 Å². The quantitative estimate of drug-likeness (QED) is 0.786. The summed E-state index contributed by atoms with van der Waals surface area (Å²) in [5.74, 6) is -0.799. The first-order valence-corrected chi connectivity index (χ1v) is 6.40. The molecule has 5 heteroatoms. The van der Waals surface area contributed by atoms with E-state index in [1.807, 2.05) is 0 Å². The van der Waals surface area contributed by atoms with Crippen molar-refractivity contribution < 1.29 is 15.0 Å². The van der Waals surface area contributed by atoms with Gasteiger partial charge >= 0.3 is 5.97 Å². The molecule has 2 unspecified atom stereocenters. The van der Waals surface area contributed by atoms with Gasteiger partial charge in [0.1, 0.15) is 0 Å². The topological polar surface area (TPSA) is 69.6 Å². The van der Waals surface area contributed by atoms with Gasteiger partial charge in [-0.1, -0.05) is 18.0 Å². The van der Waals surface area contributed by atoms with E-state index in [4.69, 9.17) is 16.7 Å². The summed E-state index contributed by atoms with van der Waals surface area (Å²) in [7, 11) is 0. The van der Waals surface area contributed by atoms with Crippen LogP contribution in [0.2, 0.25) is 5.02 Å². The molecule has 0 saturated heterocycles. The predicted molar refractivity (Wildman–Crippen MR) is 70.2 cm³/mol. The van der Waals surface area contributed by atoms with Crippen molar-refractivity contribution in [1.82, 2.24) is 0 Å². The summed E-state index contributed by atoms with van der Waals surface area (Å²) in [5.41, 5.74) is 0.709. The molecule has 98 valence electrons. The lowest BCUT2D eigenvalue weighted by Gasteiger charge is -2.17. The van der Waals surface area contributed by atoms with E-state index in [1.54, 1.807) is 12.1 Å². The van der Waals surface area contributed by atoms with E-state index >= 15 is 0 Å². The highest BCUT2D eigenvalue weighted by Crippen LogP contribution is 2.27. The largest absolute Gasteiger partial charge is 0.478 e. The van der Waals surface area contributed by atoms with Gasteiger partial charge < -0.3 is 15.5 Å². The standard InChI is InChI=1S/C13H16ClNO3/c14-9-4-5-10(13(17)18)11(6-9)15-7-8-2-1-3-12(8)16/h4-6,8,12,15-16H,1-3,7H2,(H,17,18). The number of carboxylic acids is 1. The van der Waals surface area contributed by atoms with E-state index < -0.39 is 5.97 Å². The van der Waals surface area contributed by atoms with Gasteiger partial charge in [0.2, 0.25) is 0 Å². The summed E-state index contributed by atoms with van der Waals surface area (Å²) in [6, 6.07) is 4.64. The average molecular weight is 270 g/mol. The number of rotatable bonds is 4. The Morgan fingerprint density at radius 3 is 2.83 bits per heavy atom. The molecule has 1 aromatic rings. The lowest BCUT2D eigenvalue weighted by atomic mass is 10.1. The Morgan fingerprint density at radius 1 is 1.44 bits per heavy atom. The highest BCUT2D eigenvalue weighted by atomic mass is 35.5. The van der Waals surface area contributed by atoms with Crippen molar-refractivity contribution in [2.24, 2.45) is 5.92 Å². The second-order valence-corrected chi connectivity index (χ2v) is 5.07. The summed E-state index contributed by atoms with van der Waals surface area (Å²) < 4.78 is 0. The third kappa shape index (κ3) is 2.94. The molecular weight excluding hydrogens is 254 g/mol. The molecule has 1 aliphatic carbocycles. The van der Waals surface area contributed by atoms with Crippen molar-refractivity contribution in [3.8, 4) is 0 Å². The lowest BCUT2D eigenvalue weighted by molar-refractivity contribution is 0.0698. The van der Waals surface area contributed by atoms with E-state index in [-0.39, 0.29) is 17.6 Å². The fourth-order valence-corrected chi connectivity index (χ4v) is 2.52. The van der Waals surface area contributed by atoms with Gasteiger partial charge in [-0.2, -0.15) is 0 Å². The van der Waals surface area contributed by atoms with Crippen LogP contribution in [0.5, 0.6) is 0 Å². The SMILES string of the molecule is O=C(O)c1ccc(Cl)cc1NCC1CCCC1O. The molecule has 0 heterocycles. The van der Waals surface area contributed by atoms with Crippen molar-refractivity contribution in [3.63, 3.8) is 0 Å². The highest BCUT2D eigenvalue weighted by Gasteiger charge is 2.25. The molecule has 0 amide bonds. The zero-order valence-electron chi connectivity index (χ0n) is 9.90. The molecule has 0 spiro atoms. The smallest absolute Gasteiger partial charge is 0.337 e. The molecule has 1 fully saturated rings. The number of aliphatic hydroxyl groups excluding tert-OH is 1. The van der Waals surface area contributed by atoms with E-state index in [0.717, 1.165) is 19.3 Å². The molecule has 0 aromatic heterocycles. The number of aliphatic hydroxyl groups is 1. The van der Waals surface area contributed by atoms with Crippen LogP contribution < -0.4 is 5.32 Å². The molecule has 0 radical (unpaired) electrons. The van der Waals surface area contributed by atoms with Gasteiger partial charge in [0.15, 0.2) is 0 Å². The number of aromatic carboxylic acids is 1. The summed E-state index contributed by atoms with van der Waals surface area (Å²) in [6.45, 7) is 0.571. The molecule has 1 saturated carbocycles. The molecule has 18 heavy (non-hydrogen) atoms. The molecule has 1 aliphatic rings. The molecular formula is C13H16ClNO3. The average Bonchev–Trinajstić information content (AvgIpc) is 2.72. The Bertz CT molecular complexity index is 450. The summed E-state index contributed by atoms with van der Waals surface area (Å²) >= 11 is 5.86. The van der Waals surface area contributed by atoms with Crippen LogP contribution >= 0.6 is 11.6 Å². The van der Waals surface area contributed by atoms with Crippen LogP contribution in [0.15, 0.2) is 18.2 Å². The van der Waals surface area contributed by atoms with Crippen molar-refractivity contribution >= 4 is 23.3 Å². The van der Waals surface area contributed by atoms with E-state index in [1.165, 1.54) is 6.07 Å². The van der Waals surface area contributed by atoms with Crippen LogP contribution in [0.3, 0.4) is 0 Å².